The fraction of sp³-hybridized carbons (Fsp3) is 0.364. The van der Waals surface area contributed by atoms with E-state index in [0.717, 1.165) is 7.11 Å². The Balaban J connectivity index is 3.41. The molecule has 0 fully saturated rings. The summed E-state index contributed by atoms with van der Waals surface area (Å²) in [5, 5.41) is 0. The number of hydrogen-bond donors (Lipinski definition) is 0. The van der Waals surface area contributed by atoms with Crippen LogP contribution in [0.25, 0.3) is 0 Å². The fourth-order valence-corrected chi connectivity index (χ4v) is 1.38. The number of ketones is 1. The Kier molecular flexibility index (Phi) is 4.22. The summed E-state index contributed by atoms with van der Waals surface area (Å²) in [6, 6.07) is 1.78. The van der Waals surface area contributed by atoms with Crippen LogP contribution in [0.3, 0.4) is 0 Å². The number of halogens is 8. The molecule has 10 heteroatoms. The van der Waals surface area contributed by atoms with Gasteiger partial charge >= 0.3 is 18.0 Å². The normalized spacial score (nSPS) is 13.2. The van der Waals surface area contributed by atoms with Crippen molar-refractivity contribution in [2.45, 2.75) is 18.0 Å². The van der Waals surface area contributed by atoms with Gasteiger partial charge in [0.25, 0.3) is 0 Å². The molecule has 0 radical (unpaired) electrons. The highest BCUT2D eigenvalue weighted by Crippen LogP contribution is 2.48. The van der Waals surface area contributed by atoms with E-state index in [0.29, 0.717) is 18.2 Å². The third-order valence-corrected chi connectivity index (χ3v) is 2.45. The van der Waals surface area contributed by atoms with E-state index in [1.165, 1.54) is 0 Å². The van der Waals surface area contributed by atoms with Crippen LogP contribution in [0.4, 0.5) is 35.1 Å². The first-order valence-electron chi connectivity index (χ1n) is 5.07. The summed E-state index contributed by atoms with van der Waals surface area (Å²) in [6.07, 6.45) is -6.66. The van der Waals surface area contributed by atoms with Crippen molar-refractivity contribution in [3.05, 3.63) is 29.6 Å². The van der Waals surface area contributed by atoms with Gasteiger partial charge in [-0.2, -0.15) is 30.7 Å². The van der Waals surface area contributed by atoms with Crippen LogP contribution in [-0.4, -0.2) is 30.9 Å². The van der Waals surface area contributed by atoms with Crippen molar-refractivity contribution in [1.29, 1.82) is 0 Å². The summed E-state index contributed by atoms with van der Waals surface area (Å²) in [4.78, 5) is 11.3. The molecule has 0 aliphatic heterocycles. The van der Waals surface area contributed by atoms with E-state index in [4.69, 9.17) is 0 Å². The zero-order chi connectivity index (χ0) is 16.6. The van der Waals surface area contributed by atoms with E-state index in [-0.39, 0.29) is 0 Å². The van der Waals surface area contributed by atoms with Crippen molar-refractivity contribution in [2.75, 3.05) is 7.11 Å². The lowest BCUT2D eigenvalue weighted by Gasteiger charge is -2.27. The van der Waals surface area contributed by atoms with Crippen LogP contribution in [0.15, 0.2) is 18.2 Å². The van der Waals surface area contributed by atoms with Crippen LogP contribution in [-0.2, 0) is 0 Å². The minimum atomic E-state index is -6.66. The van der Waals surface area contributed by atoms with Crippen molar-refractivity contribution in [3.63, 3.8) is 0 Å². The maximum Gasteiger partial charge on any atom is 0.460 e. The van der Waals surface area contributed by atoms with Crippen molar-refractivity contribution in [2.24, 2.45) is 0 Å². The molecule has 0 aromatic heterocycles. The van der Waals surface area contributed by atoms with E-state index in [9.17, 15) is 39.9 Å². The first-order chi connectivity index (χ1) is 9.38. The average Bonchev–Trinajstić information content (AvgIpc) is 2.35. The van der Waals surface area contributed by atoms with Gasteiger partial charge in [-0.3, -0.25) is 4.79 Å². The zero-order valence-corrected chi connectivity index (χ0v) is 10.1. The van der Waals surface area contributed by atoms with Crippen molar-refractivity contribution in [1.82, 2.24) is 0 Å². The Morgan fingerprint density at radius 2 is 1.57 bits per heavy atom. The summed E-state index contributed by atoms with van der Waals surface area (Å²) < 4.78 is 105. The third-order valence-electron chi connectivity index (χ3n) is 2.45. The minimum absolute atomic E-state index is 0.449. The molecule has 0 saturated heterocycles. The molecule has 0 heterocycles. The molecule has 1 aromatic carbocycles. The minimum Gasteiger partial charge on any atom is -0.493 e. The smallest absolute Gasteiger partial charge is 0.460 e. The second kappa shape index (κ2) is 5.15. The van der Waals surface area contributed by atoms with Crippen molar-refractivity contribution < 1.29 is 44.7 Å². The van der Waals surface area contributed by atoms with Crippen LogP contribution >= 0.6 is 0 Å². The molecular formula is C11H6F8O2. The van der Waals surface area contributed by atoms with E-state index in [1.54, 1.807) is 0 Å². The van der Waals surface area contributed by atoms with E-state index < -0.39 is 40.9 Å². The van der Waals surface area contributed by atoms with Gasteiger partial charge in [-0.25, -0.2) is 4.39 Å². The molecule has 0 unspecified atom stereocenters. The zero-order valence-electron chi connectivity index (χ0n) is 10.1. The molecule has 118 valence electrons. The number of Topliss-reactive ketones (excluding diaryl/α,β-unsaturated/α-hetero) is 1. The summed E-state index contributed by atoms with van der Waals surface area (Å²) in [7, 11) is 0.731. The van der Waals surface area contributed by atoms with Gasteiger partial charge in [0.15, 0.2) is 11.6 Å². The SMILES string of the molecule is COc1c(F)cccc1C(=O)C(F)(F)C(F)(F)C(F)(F)F. The second-order valence-electron chi connectivity index (χ2n) is 3.80. The largest absolute Gasteiger partial charge is 0.493 e. The standard InChI is InChI=1S/C11H6F8O2/c1-21-7-5(3-2-4-6(7)12)8(20)9(13,14)10(15,16)11(17,18)19/h2-4H,1H3. The topological polar surface area (TPSA) is 26.3 Å². The second-order valence-corrected chi connectivity index (χ2v) is 3.80. The van der Waals surface area contributed by atoms with Gasteiger partial charge in [0.05, 0.1) is 12.7 Å². The number of alkyl halides is 7. The molecule has 0 aliphatic rings. The number of benzene rings is 1. The Bertz CT molecular complexity index is 550. The molecule has 0 spiro atoms. The molecule has 0 amide bonds. The predicted molar refractivity (Wildman–Crippen MR) is 53.2 cm³/mol. The number of methoxy groups -OCH3 is 1. The van der Waals surface area contributed by atoms with Gasteiger partial charge in [-0.15, -0.1) is 0 Å². The highest BCUT2D eigenvalue weighted by Gasteiger charge is 2.76. The number of rotatable bonds is 4. The van der Waals surface area contributed by atoms with Crippen LogP contribution in [0.2, 0.25) is 0 Å². The fourth-order valence-electron chi connectivity index (χ4n) is 1.38. The van der Waals surface area contributed by atoms with Crippen molar-refractivity contribution in [3.8, 4) is 5.75 Å². The number of carbonyl (C=O) groups is 1. The Hall–Kier alpha value is -1.87. The lowest BCUT2D eigenvalue weighted by Crippen LogP contribution is -2.56. The molecule has 0 N–H and O–H groups in total. The molecule has 0 saturated carbocycles. The third kappa shape index (κ3) is 2.66. The van der Waals surface area contributed by atoms with Gasteiger partial charge in [-0.05, 0) is 12.1 Å². The Morgan fingerprint density at radius 1 is 1.05 bits per heavy atom. The lowest BCUT2D eigenvalue weighted by molar-refractivity contribution is -0.339. The molecular weight excluding hydrogens is 316 g/mol. The molecule has 1 rings (SSSR count). The van der Waals surface area contributed by atoms with Gasteiger partial charge in [0.1, 0.15) is 0 Å². The first kappa shape index (κ1) is 17.2. The number of hydrogen-bond acceptors (Lipinski definition) is 2. The van der Waals surface area contributed by atoms with Gasteiger partial charge in [0, 0.05) is 0 Å². The summed E-state index contributed by atoms with van der Waals surface area (Å²) in [5.41, 5.74) is -1.42. The van der Waals surface area contributed by atoms with Gasteiger partial charge in [-0.1, -0.05) is 6.07 Å². The number of ether oxygens (including phenoxy) is 1. The van der Waals surface area contributed by atoms with Crippen LogP contribution in [0.1, 0.15) is 10.4 Å². The molecule has 21 heavy (non-hydrogen) atoms. The molecule has 0 aliphatic carbocycles. The van der Waals surface area contributed by atoms with Crippen LogP contribution < -0.4 is 4.74 Å². The van der Waals surface area contributed by atoms with E-state index >= 15 is 0 Å². The molecule has 0 atom stereocenters. The van der Waals surface area contributed by atoms with Crippen LogP contribution in [0, 0.1) is 5.82 Å². The Morgan fingerprint density at radius 3 is 2.00 bits per heavy atom. The number of carbonyl (C=O) groups excluding carboxylic acids is 1. The monoisotopic (exact) mass is 322 g/mol. The summed E-state index contributed by atoms with van der Waals surface area (Å²) in [5.74, 6) is -18.2. The lowest BCUT2D eigenvalue weighted by atomic mass is 9.99. The first-order valence-corrected chi connectivity index (χ1v) is 5.07. The molecule has 0 bridgehead atoms. The summed E-state index contributed by atoms with van der Waals surface area (Å²) in [6.45, 7) is 0. The average molecular weight is 322 g/mol. The predicted octanol–water partition coefficient (Wildman–Crippen LogP) is 3.85. The quantitative estimate of drug-likeness (QED) is 0.622. The van der Waals surface area contributed by atoms with E-state index in [1.807, 2.05) is 0 Å². The maximum atomic E-state index is 13.2. The van der Waals surface area contributed by atoms with E-state index in [2.05, 4.69) is 4.74 Å². The maximum absolute atomic E-state index is 13.2. The van der Waals surface area contributed by atoms with Gasteiger partial charge in [0.2, 0.25) is 5.78 Å². The molecule has 1 aromatic rings. The Labute approximate surface area is 112 Å². The highest BCUT2D eigenvalue weighted by atomic mass is 19.4. The van der Waals surface area contributed by atoms with Crippen molar-refractivity contribution >= 4 is 5.78 Å². The van der Waals surface area contributed by atoms with Gasteiger partial charge < -0.3 is 4.74 Å². The molecule has 2 nitrogen and oxygen atoms in total. The summed E-state index contributed by atoms with van der Waals surface area (Å²) >= 11 is 0. The highest BCUT2D eigenvalue weighted by molar-refractivity contribution is 6.04. The number of para-hydroxylation sites is 1. The van der Waals surface area contributed by atoms with Crippen LogP contribution in [0.5, 0.6) is 5.75 Å².